The summed E-state index contributed by atoms with van der Waals surface area (Å²) in [4.78, 5) is 11.6. The number of hydrogen-bond acceptors (Lipinski definition) is 3. The second-order valence-electron chi connectivity index (χ2n) is 4.59. The van der Waals surface area contributed by atoms with E-state index in [-0.39, 0.29) is 5.76 Å². The van der Waals surface area contributed by atoms with Crippen LogP contribution in [0.15, 0.2) is 33.5 Å². The number of hydrogen-bond donors (Lipinski definition) is 1. The van der Waals surface area contributed by atoms with Crippen LogP contribution >= 0.6 is 0 Å². The highest BCUT2D eigenvalue weighted by molar-refractivity contribution is 5.72. The molecule has 1 N–H and O–H groups in total. The Morgan fingerprint density at radius 1 is 1.35 bits per heavy atom. The van der Waals surface area contributed by atoms with Crippen molar-refractivity contribution in [2.24, 2.45) is 5.92 Å². The molecule has 0 saturated heterocycles. The normalized spacial score (nSPS) is 11.5. The summed E-state index contributed by atoms with van der Waals surface area (Å²) in [6.45, 7) is 6.70. The smallest absolute Gasteiger partial charge is 0.408 e. The van der Waals surface area contributed by atoms with Crippen LogP contribution in [0.4, 0.5) is 0 Å². The van der Waals surface area contributed by atoms with Gasteiger partial charge in [-0.2, -0.15) is 0 Å². The zero-order valence-corrected chi connectivity index (χ0v) is 10.3. The number of nitrogens with one attached hydrogen (secondary N) is 1. The summed E-state index contributed by atoms with van der Waals surface area (Å²) in [5.41, 5.74) is 1.52. The molecule has 1 aromatic heterocycles. The Kier molecular flexibility index (Phi) is 3.64. The molecule has 0 aliphatic rings. The number of oxazole rings is 1. The van der Waals surface area contributed by atoms with Crippen molar-refractivity contribution in [3.05, 3.63) is 34.8 Å². The fourth-order valence-corrected chi connectivity index (χ4v) is 1.81. The van der Waals surface area contributed by atoms with E-state index in [0.717, 1.165) is 18.6 Å². The maximum atomic E-state index is 11.6. The molecule has 2 rings (SSSR count). The first kappa shape index (κ1) is 11.9. The Bertz CT molecular complexity index is 540. The summed E-state index contributed by atoms with van der Waals surface area (Å²) in [6, 6.07) is 7.50. The largest absolute Gasteiger partial charge is 0.419 e. The molecule has 1 aromatic carbocycles. The van der Waals surface area contributed by atoms with Crippen LogP contribution in [0.25, 0.3) is 11.1 Å². The van der Waals surface area contributed by atoms with Gasteiger partial charge in [-0.15, -0.1) is 0 Å². The van der Waals surface area contributed by atoms with E-state index in [9.17, 15) is 4.79 Å². The molecule has 0 amide bonds. The van der Waals surface area contributed by atoms with E-state index < -0.39 is 0 Å². The number of para-hydroxylation sites is 2. The molecule has 4 heteroatoms. The third-order valence-corrected chi connectivity index (χ3v) is 2.64. The molecule has 0 aliphatic carbocycles. The average molecular weight is 234 g/mol. The maximum absolute atomic E-state index is 11.6. The monoisotopic (exact) mass is 234 g/mol. The van der Waals surface area contributed by atoms with Gasteiger partial charge in [-0.1, -0.05) is 26.0 Å². The highest BCUT2D eigenvalue weighted by Crippen LogP contribution is 2.10. The van der Waals surface area contributed by atoms with Crippen LogP contribution < -0.4 is 11.1 Å². The van der Waals surface area contributed by atoms with Crippen molar-refractivity contribution < 1.29 is 4.42 Å². The van der Waals surface area contributed by atoms with Crippen molar-refractivity contribution in [2.45, 2.75) is 20.4 Å². The quantitative estimate of drug-likeness (QED) is 0.803. The first-order chi connectivity index (χ1) is 8.18. The predicted octanol–water partition coefficient (Wildman–Crippen LogP) is 1.84. The molecule has 0 aliphatic heterocycles. The molecule has 0 radical (unpaired) electrons. The van der Waals surface area contributed by atoms with Gasteiger partial charge in [-0.25, -0.2) is 4.79 Å². The van der Waals surface area contributed by atoms with Crippen LogP contribution in [0.5, 0.6) is 0 Å². The fourth-order valence-electron chi connectivity index (χ4n) is 1.81. The molecule has 0 bridgehead atoms. The van der Waals surface area contributed by atoms with E-state index in [4.69, 9.17) is 4.42 Å². The van der Waals surface area contributed by atoms with E-state index >= 15 is 0 Å². The minimum atomic E-state index is -0.280. The molecule has 17 heavy (non-hydrogen) atoms. The van der Waals surface area contributed by atoms with Gasteiger partial charge in [0, 0.05) is 13.1 Å². The molecule has 0 spiro atoms. The van der Waals surface area contributed by atoms with Crippen LogP contribution in [0.2, 0.25) is 0 Å². The topological polar surface area (TPSA) is 47.2 Å². The zero-order chi connectivity index (χ0) is 12.3. The Labute approximate surface area is 100 Å². The lowest BCUT2D eigenvalue weighted by atomic mass is 10.2. The molecule has 0 unspecified atom stereocenters. The van der Waals surface area contributed by atoms with Crippen LogP contribution in [0, 0.1) is 5.92 Å². The van der Waals surface area contributed by atoms with Gasteiger partial charge in [0.15, 0.2) is 5.58 Å². The molecule has 0 fully saturated rings. The summed E-state index contributed by atoms with van der Waals surface area (Å²) < 4.78 is 6.83. The van der Waals surface area contributed by atoms with Crippen molar-refractivity contribution in [1.82, 2.24) is 9.88 Å². The van der Waals surface area contributed by atoms with Crippen LogP contribution in [-0.2, 0) is 6.54 Å². The Balaban J connectivity index is 2.08. The van der Waals surface area contributed by atoms with Gasteiger partial charge < -0.3 is 9.73 Å². The van der Waals surface area contributed by atoms with Gasteiger partial charge in [-0.05, 0) is 24.6 Å². The van der Waals surface area contributed by atoms with Crippen LogP contribution in [-0.4, -0.2) is 17.7 Å². The minimum Gasteiger partial charge on any atom is -0.408 e. The molecule has 1 heterocycles. The van der Waals surface area contributed by atoms with E-state index in [2.05, 4.69) is 19.2 Å². The van der Waals surface area contributed by atoms with Crippen molar-refractivity contribution >= 4 is 11.1 Å². The van der Waals surface area contributed by atoms with E-state index in [1.54, 1.807) is 4.57 Å². The van der Waals surface area contributed by atoms with Gasteiger partial charge in [0.2, 0.25) is 0 Å². The summed E-state index contributed by atoms with van der Waals surface area (Å²) in [7, 11) is 0. The van der Waals surface area contributed by atoms with Crippen molar-refractivity contribution in [1.29, 1.82) is 0 Å². The van der Waals surface area contributed by atoms with Crippen molar-refractivity contribution in [3.63, 3.8) is 0 Å². The fraction of sp³-hybridized carbons (Fsp3) is 0.462. The number of rotatable bonds is 5. The maximum Gasteiger partial charge on any atom is 0.419 e. The summed E-state index contributed by atoms with van der Waals surface area (Å²) >= 11 is 0. The highest BCUT2D eigenvalue weighted by Gasteiger charge is 2.07. The second-order valence-corrected chi connectivity index (χ2v) is 4.59. The molecular weight excluding hydrogens is 216 g/mol. The lowest BCUT2D eigenvalue weighted by Gasteiger charge is -2.07. The Hall–Kier alpha value is -1.55. The molecule has 0 atom stereocenters. The van der Waals surface area contributed by atoms with E-state index in [0.29, 0.717) is 18.0 Å². The first-order valence-corrected chi connectivity index (χ1v) is 5.97. The summed E-state index contributed by atoms with van der Waals surface area (Å²) in [5, 5.41) is 3.31. The number of aromatic nitrogens is 1. The number of nitrogens with zero attached hydrogens (tertiary/aromatic N) is 1. The van der Waals surface area contributed by atoms with Crippen molar-refractivity contribution in [3.8, 4) is 0 Å². The highest BCUT2D eigenvalue weighted by atomic mass is 16.4. The summed E-state index contributed by atoms with van der Waals surface area (Å²) in [5.74, 6) is 0.338. The standard InChI is InChI=1S/C13H18N2O2/c1-10(2)9-14-7-8-15-11-5-3-4-6-12(11)17-13(15)16/h3-6,10,14H,7-9H2,1-2H3. The van der Waals surface area contributed by atoms with Crippen molar-refractivity contribution in [2.75, 3.05) is 13.1 Å². The SMILES string of the molecule is CC(C)CNCCn1c(=O)oc2ccccc21. The minimum absolute atomic E-state index is 0.280. The average Bonchev–Trinajstić information content (AvgIpc) is 2.60. The molecule has 4 nitrogen and oxygen atoms in total. The molecular formula is C13H18N2O2. The van der Waals surface area contributed by atoms with Gasteiger partial charge in [-0.3, -0.25) is 4.57 Å². The molecule has 2 aromatic rings. The second kappa shape index (κ2) is 5.19. The lowest BCUT2D eigenvalue weighted by Crippen LogP contribution is -2.27. The number of benzene rings is 1. The van der Waals surface area contributed by atoms with E-state index in [1.165, 1.54) is 0 Å². The molecule has 92 valence electrons. The number of fused-ring (bicyclic) bond motifs is 1. The van der Waals surface area contributed by atoms with Crippen LogP contribution in [0.3, 0.4) is 0 Å². The first-order valence-electron chi connectivity index (χ1n) is 5.97. The summed E-state index contributed by atoms with van der Waals surface area (Å²) in [6.07, 6.45) is 0. The van der Waals surface area contributed by atoms with Gasteiger partial charge in [0.05, 0.1) is 5.52 Å². The van der Waals surface area contributed by atoms with E-state index in [1.807, 2.05) is 24.3 Å². The zero-order valence-electron chi connectivity index (χ0n) is 10.3. The van der Waals surface area contributed by atoms with Gasteiger partial charge in [0.25, 0.3) is 0 Å². The Morgan fingerprint density at radius 3 is 2.88 bits per heavy atom. The van der Waals surface area contributed by atoms with Crippen LogP contribution in [0.1, 0.15) is 13.8 Å². The van der Waals surface area contributed by atoms with Gasteiger partial charge in [0.1, 0.15) is 0 Å². The lowest BCUT2D eigenvalue weighted by molar-refractivity contribution is 0.480. The third-order valence-electron chi connectivity index (χ3n) is 2.64. The molecule has 0 saturated carbocycles. The van der Waals surface area contributed by atoms with Gasteiger partial charge >= 0.3 is 5.76 Å². The third kappa shape index (κ3) is 2.77. The Morgan fingerprint density at radius 2 is 2.12 bits per heavy atom. The predicted molar refractivity (Wildman–Crippen MR) is 68.2 cm³/mol.